The maximum atomic E-state index is 10.5. The highest BCUT2D eigenvalue weighted by atomic mass is 16.5. The number of allylic oxidation sites excluding steroid dienone is 1. The lowest BCUT2D eigenvalue weighted by atomic mass is 10.1. The summed E-state index contributed by atoms with van der Waals surface area (Å²) < 4.78 is 13.7. The Balaban J connectivity index is 1.55. The first-order valence-electron chi connectivity index (χ1n) is 10.8. The molecule has 0 radical (unpaired) electrons. The summed E-state index contributed by atoms with van der Waals surface area (Å²) in [7, 11) is 1.66. The summed E-state index contributed by atoms with van der Waals surface area (Å²) in [5, 5.41) is 2.72. The fraction of sp³-hybridized carbons (Fsp3) is 0.360. The van der Waals surface area contributed by atoms with Crippen molar-refractivity contribution in [3.8, 4) is 11.5 Å². The normalized spacial score (nSPS) is 10.7. The van der Waals surface area contributed by atoms with E-state index in [0.29, 0.717) is 13.2 Å². The van der Waals surface area contributed by atoms with Gasteiger partial charge in [-0.25, -0.2) is 4.98 Å². The average Bonchev–Trinajstić information content (AvgIpc) is 3.14. The molecule has 0 bridgehead atoms. The molecule has 0 unspecified atom stereocenters. The van der Waals surface area contributed by atoms with Crippen molar-refractivity contribution in [1.82, 2.24) is 14.9 Å². The van der Waals surface area contributed by atoms with Crippen LogP contribution in [0.25, 0.3) is 11.0 Å². The zero-order chi connectivity index (χ0) is 21.9. The Hall–Kier alpha value is -3.28. The van der Waals surface area contributed by atoms with Gasteiger partial charge in [-0.15, -0.1) is 6.58 Å². The van der Waals surface area contributed by atoms with Crippen LogP contribution < -0.4 is 14.8 Å². The van der Waals surface area contributed by atoms with Crippen LogP contribution in [0.5, 0.6) is 11.5 Å². The molecule has 6 nitrogen and oxygen atoms in total. The Bertz CT molecular complexity index is 997. The largest absolute Gasteiger partial charge is 0.493 e. The molecule has 0 aliphatic rings. The van der Waals surface area contributed by atoms with Gasteiger partial charge in [-0.3, -0.25) is 4.79 Å². The monoisotopic (exact) mass is 421 g/mol. The number of aryl methyl sites for hydroxylation is 2. The summed E-state index contributed by atoms with van der Waals surface area (Å²) >= 11 is 0. The van der Waals surface area contributed by atoms with Crippen molar-refractivity contribution < 1.29 is 14.3 Å². The third-order valence-corrected chi connectivity index (χ3v) is 5.18. The molecule has 0 spiro atoms. The number of nitrogens with one attached hydrogen (secondary N) is 1. The Morgan fingerprint density at radius 1 is 1.13 bits per heavy atom. The molecule has 1 aromatic heterocycles. The zero-order valence-corrected chi connectivity index (χ0v) is 18.2. The van der Waals surface area contributed by atoms with E-state index < -0.39 is 0 Å². The number of nitrogens with zero attached hydrogens (tertiary/aromatic N) is 2. The third kappa shape index (κ3) is 6.10. The summed E-state index contributed by atoms with van der Waals surface area (Å²) in [6.45, 7) is 5.95. The smallest absolute Gasteiger partial charge is 0.207 e. The van der Waals surface area contributed by atoms with Crippen molar-refractivity contribution in [1.29, 1.82) is 0 Å². The van der Waals surface area contributed by atoms with Crippen LogP contribution in [0, 0.1) is 0 Å². The number of aromatic nitrogens is 2. The Labute approximate surface area is 183 Å². The van der Waals surface area contributed by atoms with Gasteiger partial charge >= 0.3 is 0 Å². The van der Waals surface area contributed by atoms with Crippen molar-refractivity contribution in [2.45, 2.75) is 38.6 Å². The number of ether oxygens (including phenoxy) is 2. The van der Waals surface area contributed by atoms with Crippen LogP contribution in [0.1, 0.15) is 30.7 Å². The number of unbranched alkanes of at least 4 members (excludes halogenated alkanes) is 1. The third-order valence-electron chi connectivity index (χ3n) is 5.18. The maximum absolute atomic E-state index is 10.5. The predicted octanol–water partition coefficient (Wildman–Crippen LogP) is 4.31. The molecule has 3 rings (SSSR count). The predicted molar refractivity (Wildman–Crippen MR) is 124 cm³/mol. The van der Waals surface area contributed by atoms with Gasteiger partial charge in [0, 0.05) is 19.5 Å². The fourth-order valence-electron chi connectivity index (χ4n) is 3.65. The van der Waals surface area contributed by atoms with E-state index in [1.807, 2.05) is 42.5 Å². The second kappa shape index (κ2) is 11.8. The zero-order valence-electron chi connectivity index (χ0n) is 18.2. The number of amides is 1. The fourth-order valence-corrected chi connectivity index (χ4v) is 3.65. The molecule has 0 atom stereocenters. The second-order valence-corrected chi connectivity index (χ2v) is 7.38. The van der Waals surface area contributed by atoms with Crippen LogP contribution in [0.15, 0.2) is 55.1 Å². The van der Waals surface area contributed by atoms with Gasteiger partial charge in [0.1, 0.15) is 5.82 Å². The molecule has 0 saturated heterocycles. The molecule has 2 aromatic carbocycles. The van der Waals surface area contributed by atoms with Crippen LogP contribution in [-0.2, 0) is 24.2 Å². The molecule has 164 valence electrons. The molecule has 0 fully saturated rings. The summed E-state index contributed by atoms with van der Waals surface area (Å²) in [6.07, 6.45) is 7.04. The van der Waals surface area contributed by atoms with E-state index in [1.165, 1.54) is 0 Å². The van der Waals surface area contributed by atoms with Gasteiger partial charge < -0.3 is 19.4 Å². The number of para-hydroxylation sites is 2. The van der Waals surface area contributed by atoms with Crippen molar-refractivity contribution in [2.24, 2.45) is 0 Å². The topological polar surface area (TPSA) is 65.4 Å². The first-order chi connectivity index (χ1) is 15.3. The first-order valence-corrected chi connectivity index (χ1v) is 10.8. The quantitative estimate of drug-likeness (QED) is 0.239. The number of benzene rings is 2. The lowest BCUT2D eigenvalue weighted by Gasteiger charge is -2.13. The molecule has 1 heterocycles. The summed E-state index contributed by atoms with van der Waals surface area (Å²) in [5.74, 6) is 2.59. The molecule has 0 saturated carbocycles. The average molecular weight is 422 g/mol. The first kappa shape index (κ1) is 22.4. The van der Waals surface area contributed by atoms with Gasteiger partial charge in [0.25, 0.3) is 0 Å². The van der Waals surface area contributed by atoms with Crippen LogP contribution in [0.4, 0.5) is 0 Å². The van der Waals surface area contributed by atoms with Crippen LogP contribution in [-0.4, -0.2) is 36.2 Å². The second-order valence-electron chi connectivity index (χ2n) is 7.38. The molecular formula is C25H31N3O3. The molecule has 1 amide bonds. The maximum Gasteiger partial charge on any atom is 0.207 e. The minimum atomic E-state index is 0.627. The van der Waals surface area contributed by atoms with Gasteiger partial charge in [-0.1, -0.05) is 24.3 Å². The van der Waals surface area contributed by atoms with E-state index in [-0.39, 0.29) is 0 Å². The number of rotatable bonds is 14. The Kier molecular flexibility index (Phi) is 8.52. The van der Waals surface area contributed by atoms with Gasteiger partial charge in [-0.05, 0) is 55.5 Å². The molecule has 6 heteroatoms. The molecule has 3 aromatic rings. The highest BCUT2D eigenvalue weighted by Crippen LogP contribution is 2.28. The number of hydrogen-bond donors (Lipinski definition) is 1. The van der Waals surface area contributed by atoms with E-state index in [9.17, 15) is 4.79 Å². The van der Waals surface area contributed by atoms with E-state index in [4.69, 9.17) is 14.5 Å². The number of hydrogen-bond acceptors (Lipinski definition) is 4. The van der Waals surface area contributed by atoms with Gasteiger partial charge in [0.2, 0.25) is 6.41 Å². The van der Waals surface area contributed by atoms with E-state index in [0.717, 1.165) is 79.0 Å². The van der Waals surface area contributed by atoms with E-state index in [2.05, 4.69) is 22.5 Å². The number of imidazole rings is 1. The van der Waals surface area contributed by atoms with Crippen LogP contribution >= 0.6 is 0 Å². The highest BCUT2D eigenvalue weighted by Gasteiger charge is 2.10. The van der Waals surface area contributed by atoms with Crippen LogP contribution in [0.2, 0.25) is 0 Å². The molecule has 0 aliphatic carbocycles. The molecule has 1 N–H and O–H groups in total. The van der Waals surface area contributed by atoms with Crippen molar-refractivity contribution in [3.63, 3.8) is 0 Å². The molecule has 31 heavy (non-hydrogen) atoms. The van der Waals surface area contributed by atoms with Crippen molar-refractivity contribution in [3.05, 3.63) is 66.5 Å². The number of methoxy groups -OCH3 is 1. The summed E-state index contributed by atoms with van der Waals surface area (Å²) in [5.41, 5.74) is 3.32. The van der Waals surface area contributed by atoms with Gasteiger partial charge in [-0.2, -0.15) is 0 Å². The molecule has 0 aliphatic heterocycles. The van der Waals surface area contributed by atoms with Gasteiger partial charge in [0.05, 0.1) is 24.8 Å². The van der Waals surface area contributed by atoms with E-state index in [1.54, 1.807) is 7.11 Å². The van der Waals surface area contributed by atoms with Crippen molar-refractivity contribution in [2.75, 3.05) is 20.3 Å². The standard InChI is InChI=1S/C25H31N3O3/c1-3-9-20-13-14-23(24(18-20)30-2)31-17-7-6-16-28-22-11-5-4-10-21(22)27-25(28)12-8-15-26-19-29/h3-5,10-11,13-14,18-19H,1,6-9,12,15-17H2,2H3,(H,26,29). The van der Waals surface area contributed by atoms with Crippen LogP contribution in [0.3, 0.4) is 0 Å². The number of carbonyl (C=O) groups excluding carboxylic acids is 1. The highest BCUT2D eigenvalue weighted by molar-refractivity contribution is 5.75. The lowest BCUT2D eigenvalue weighted by Crippen LogP contribution is -2.14. The number of carbonyl (C=O) groups is 1. The Morgan fingerprint density at radius 3 is 2.81 bits per heavy atom. The summed E-state index contributed by atoms with van der Waals surface area (Å²) in [4.78, 5) is 15.3. The minimum Gasteiger partial charge on any atom is -0.493 e. The summed E-state index contributed by atoms with van der Waals surface area (Å²) in [6, 6.07) is 14.2. The SMILES string of the molecule is C=CCc1ccc(OCCCCn2c(CCCNC=O)nc3ccccc32)c(OC)c1. The lowest BCUT2D eigenvalue weighted by molar-refractivity contribution is -0.109. The molecular weight excluding hydrogens is 390 g/mol. The Morgan fingerprint density at radius 2 is 2.00 bits per heavy atom. The van der Waals surface area contributed by atoms with Crippen molar-refractivity contribution >= 4 is 17.4 Å². The minimum absolute atomic E-state index is 0.627. The van der Waals surface area contributed by atoms with Gasteiger partial charge in [0.15, 0.2) is 11.5 Å². The van der Waals surface area contributed by atoms with E-state index >= 15 is 0 Å². The number of fused-ring (bicyclic) bond motifs is 1.